The van der Waals surface area contributed by atoms with Crippen LogP contribution < -0.4 is 14.4 Å². The molecule has 1 aliphatic rings. The minimum Gasteiger partial charge on any atom is -0.493 e. The Morgan fingerprint density at radius 2 is 1.47 bits per heavy atom. The van der Waals surface area contributed by atoms with E-state index in [-0.39, 0.29) is 16.2 Å². The minimum absolute atomic E-state index is 0.106. The first kappa shape index (κ1) is 23.1. The number of rotatable bonds is 6. The van der Waals surface area contributed by atoms with E-state index in [0.717, 1.165) is 0 Å². The fourth-order valence-electron chi connectivity index (χ4n) is 3.42. The van der Waals surface area contributed by atoms with Crippen LogP contribution >= 0.6 is 11.6 Å². The van der Waals surface area contributed by atoms with E-state index < -0.39 is 23.7 Å². The number of esters is 2. The summed E-state index contributed by atoms with van der Waals surface area (Å²) < 4.78 is 34.2. The predicted molar refractivity (Wildman–Crippen MR) is 116 cm³/mol. The number of hydrogen-bond acceptors (Lipinski definition) is 7. The van der Waals surface area contributed by atoms with Crippen molar-refractivity contribution in [1.29, 1.82) is 0 Å². The Bertz CT molecular complexity index is 1080. The van der Waals surface area contributed by atoms with Gasteiger partial charge < -0.3 is 23.8 Å². The molecule has 2 aromatic carbocycles. The molecule has 32 heavy (non-hydrogen) atoms. The number of halogens is 2. The third-order valence-corrected chi connectivity index (χ3v) is 5.25. The Morgan fingerprint density at radius 3 is 1.97 bits per heavy atom. The second-order valence-corrected chi connectivity index (χ2v) is 7.11. The monoisotopic (exact) mass is 461 g/mol. The molecule has 0 spiro atoms. The molecule has 0 saturated heterocycles. The van der Waals surface area contributed by atoms with E-state index in [9.17, 15) is 14.0 Å². The highest BCUT2D eigenvalue weighted by Gasteiger charge is 2.36. The van der Waals surface area contributed by atoms with E-state index in [0.29, 0.717) is 22.7 Å². The van der Waals surface area contributed by atoms with Crippen LogP contribution in [0.1, 0.15) is 11.5 Å². The third kappa shape index (κ3) is 4.40. The van der Waals surface area contributed by atoms with Gasteiger partial charge in [-0.2, -0.15) is 0 Å². The van der Waals surface area contributed by atoms with Gasteiger partial charge in [0.1, 0.15) is 5.82 Å². The van der Waals surface area contributed by atoms with Crippen molar-refractivity contribution < 1.29 is 32.9 Å². The Labute approximate surface area is 189 Å². The number of carbonyl (C=O) groups excluding carboxylic acids is 2. The molecule has 168 valence electrons. The van der Waals surface area contributed by atoms with Gasteiger partial charge in [-0.3, -0.25) is 0 Å². The molecule has 9 heteroatoms. The number of ether oxygens (including phenoxy) is 4. The van der Waals surface area contributed by atoms with Crippen LogP contribution in [0.3, 0.4) is 0 Å². The van der Waals surface area contributed by atoms with Crippen LogP contribution in [0, 0.1) is 5.82 Å². The van der Waals surface area contributed by atoms with Crippen LogP contribution in [0.2, 0.25) is 5.02 Å². The van der Waals surface area contributed by atoms with Crippen molar-refractivity contribution >= 4 is 29.2 Å². The lowest BCUT2D eigenvalue weighted by Crippen LogP contribution is -2.28. The Hall–Kier alpha value is -3.52. The third-order valence-electron chi connectivity index (χ3n) is 4.96. The van der Waals surface area contributed by atoms with Crippen LogP contribution in [0.5, 0.6) is 11.5 Å². The molecule has 0 atom stereocenters. The molecular formula is C23H21ClFNO6. The Morgan fingerprint density at radius 1 is 0.875 bits per heavy atom. The maximum absolute atomic E-state index is 13.6. The van der Waals surface area contributed by atoms with Gasteiger partial charge in [0.25, 0.3) is 0 Å². The summed E-state index contributed by atoms with van der Waals surface area (Å²) in [5, 5.41) is -0.106. The van der Waals surface area contributed by atoms with Gasteiger partial charge in [-0.25, -0.2) is 14.0 Å². The van der Waals surface area contributed by atoms with Gasteiger partial charge in [-0.15, -0.1) is 0 Å². The van der Waals surface area contributed by atoms with Crippen molar-refractivity contribution in [1.82, 2.24) is 0 Å². The molecule has 0 amide bonds. The lowest BCUT2D eigenvalue weighted by atomic mass is 9.83. The van der Waals surface area contributed by atoms with Crippen molar-refractivity contribution in [3.63, 3.8) is 0 Å². The molecule has 1 aliphatic heterocycles. The average molecular weight is 462 g/mol. The number of hydrogen-bond donors (Lipinski definition) is 0. The number of carbonyl (C=O) groups is 2. The first-order chi connectivity index (χ1) is 15.3. The van der Waals surface area contributed by atoms with E-state index in [2.05, 4.69) is 0 Å². The van der Waals surface area contributed by atoms with Gasteiger partial charge in [0, 0.05) is 18.1 Å². The summed E-state index contributed by atoms with van der Waals surface area (Å²) in [7, 11) is 5.47. The highest BCUT2D eigenvalue weighted by molar-refractivity contribution is 6.31. The summed E-state index contributed by atoms with van der Waals surface area (Å²) in [5.74, 6) is -1.81. The van der Waals surface area contributed by atoms with Gasteiger partial charge >= 0.3 is 11.9 Å². The maximum Gasteiger partial charge on any atom is 0.336 e. The molecule has 0 N–H and O–H groups in total. The SMILES string of the molecule is COC(=O)C1=CN(c2ccc(F)c(Cl)c2)C=C(C(=O)OC)C1c1ccc(OC)c(OC)c1. The molecule has 0 radical (unpaired) electrons. The molecule has 0 unspecified atom stereocenters. The van der Waals surface area contributed by atoms with E-state index in [4.69, 9.17) is 30.5 Å². The van der Waals surface area contributed by atoms with Crippen LogP contribution in [-0.4, -0.2) is 40.4 Å². The topological polar surface area (TPSA) is 74.3 Å². The Kier molecular flexibility index (Phi) is 7.05. The summed E-state index contributed by atoms with van der Waals surface area (Å²) >= 11 is 5.92. The fraction of sp³-hybridized carbons (Fsp3) is 0.217. The summed E-state index contributed by atoms with van der Waals surface area (Å²) in [4.78, 5) is 27.0. The van der Waals surface area contributed by atoms with Crippen molar-refractivity contribution in [2.24, 2.45) is 0 Å². The van der Waals surface area contributed by atoms with E-state index in [1.165, 1.54) is 63.9 Å². The zero-order valence-corrected chi connectivity index (χ0v) is 18.6. The number of methoxy groups -OCH3 is 4. The molecule has 1 heterocycles. The zero-order chi connectivity index (χ0) is 23.4. The first-order valence-electron chi connectivity index (χ1n) is 9.40. The molecule has 0 fully saturated rings. The summed E-state index contributed by atoms with van der Waals surface area (Å²) in [6, 6.07) is 9.09. The number of nitrogens with zero attached hydrogens (tertiary/aromatic N) is 1. The summed E-state index contributed by atoms with van der Waals surface area (Å²) in [5.41, 5.74) is 1.32. The van der Waals surface area contributed by atoms with E-state index in [1.807, 2.05) is 0 Å². The van der Waals surface area contributed by atoms with Crippen molar-refractivity contribution in [3.8, 4) is 11.5 Å². The fourth-order valence-corrected chi connectivity index (χ4v) is 3.59. The van der Waals surface area contributed by atoms with Crippen LogP contribution in [0.15, 0.2) is 59.9 Å². The number of anilines is 1. The molecule has 0 aliphatic carbocycles. The molecular weight excluding hydrogens is 441 g/mol. The van der Waals surface area contributed by atoms with Crippen LogP contribution in [0.25, 0.3) is 0 Å². The normalized spacial score (nSPS) is 13.8. The molecule has 3 rings (SSSR count). The van der Waals surface area contributed by atoms with E-state index in [1.54, 1.807) is 18.2 Å². The second kappa shape index (κ2) is 9.74. The lowest BCUT2D eigenvalue weighted by Gasteiger charge is -2.30. The highest BCUT2D eigenvalue weighted by atomic mass is 35.5. The minimum atomic E-state index is -0.818. The molecule has 2 aromatic rings. The lowest BCUT2D eigenvalue weighted by molar-refractivity contribution is -0.137. The van der Waals surface area contributed by atoms with E-state index >= 15 is 0 Å². The van der Waals surface area contributed by atoms with Crippen LogP contribution in [0.4, 0.5) is 10.1 Å². The smallest absolute Gasteiger partial charge is 0.336 e. The molecule has 0 aromatic heterocycles. The zero-order valence-electron chi connectivity index (χ0n) is 17.8. The van der Waals surface area contributed by atoms with Gasteiger partial charge in [-0.05, 0) is 35.9 Å². The first-order valence-corrected chi connectivity index (χ1v) is 9.77. The van der Waals surface area contributed by atoms with Crippen LogP contribution in [-0.2, 0) is 19.1 Å². The van der Waals surface area contributed by atoms with Gasteiger partial charge in [0.15, 0.2) is 11.5 Å². The highest BCUT2D eigenvalue weighted by Crippen LogP contribution is 2.41. The summed E-state index contributed by atoms with van der Waals surface area (Å²) in [6.45, 7) is 0. The van der Waals surface area contributed by atoms with Gasteiger partial charge in [0.05, 0.1) is 50.5 Å². The van der Waals surface area contributed by atoms with Gasteiger partial charge in [-0.1, -0.05) is 17.7 Å². The largest absolute Gasteiger partial charge is 0.493 e. The quantitative estimate of drug-likeness (QED) is 0.596. The maximum atomic E-state index is 13.6. The summed E-state index contributed by atoms with van der Waals surface area (Å²) in [6.07, 6.45) is 3.01. The second-order valence-electron chi connectivity index (χ2n) is 6.71. The molecule has 7 nitrogen and oxygen atoms in total. The Balaban J connectivity index is 2.20. The average Bonchev–Trinajstić information content (AvgIpc) is 2.83. The van der Waals surface area contributed by atoms with Crippen molar-refractivity contribution in [2.45, 2.75) is 5.92 Å². The molecule has 0 bridgehead atoms. The predicted octanol–water partition coefficient (Wildman–Crippen LogP) is 4.21. The molecule has 0 saturated carbocycles. The standard InChI is InChI=1S/C23H21ClFNO6/c1-29-19-8-5-13(9-20(19)30-2)21-15(22(27)31-3)11-26(12-16(21)23(28)32-4)14-6-7-18(25)17(24)10-14/h5-12,21H,1-4H3. The number of benzene rings is 2. The van der Waals surface area contributed by atoms with Crippen molar-refractivity contribution in [2.75, 3.05) is 33.3 Å². The van der Waals surface area contributed by atoms with Gasteiger partial charge in [0.2, 0.25) is 0 Å². The van der Waals surface area contributed by atoms with Crippen molar-refractivity contribution in [3.05, 3.63) is 76.3 Å².